The summed E-state index contributed by atoms with van der Waals surface area (Å²) in [6.07, 6.45) is 0. The summed E-state index contributed by atoms with van der Waals surface area (Å²) in [5, 5.41) is -2.13. The van der Waals surface area contributed by atoms with Gasteiger partial charge in [-0.25, -0.2) is 0 Å². The van der Waals surface area contributed by atoms with Crippen LogP contribution in [-0.2, 0) is 10.8 Å². The number of hydrogen-bond donors (Lipinski definition) is 0. The van der Waals surface area contributed by atoms with Crippen LogP contribution >= 0.6 is 0 Å². The van der Waals surface area contributed by atoms with Crippen molar-refractivity contribution in [3.05, 3.63) is 222 Å². The van der Waals surface area contributed by atoms with E-state index in [9.17, 15) is 23.3 Å². The number of rotatable bonds is 6. The van der Waals surface area contributed by atoms with Gasteiger partial charge in [0.2, 0.25) is 0 Å². The first kappa shape index (κ1) is 11.8. The van der Waals surface area contributed by atoms with Gasteiger partial charge in [-0.3, -0.25) is 0 Å². The number of nitrogens with zero attached hydrogens (tertiary/aromatic N) is 1. The third-order valence-corrected chi connectivity index (χ3v) is 9.63. The normalized spacial score (nSPS) is 25.7. The zero-order valence-corrected chi connectivity index (χ0v) is 29.4. The molecule has 0 saturated carbocycles. The summed E-state index contributed by atoms with van der Waals surface area (Å²) in [4.78, 5) is 0.000302. The van der Waals surface area contributed by atoms with Gasteiger partial charge in [-0.2, -0.15) is 0 Å². The molecule has 0 N–H and O–H groups in total. The molecule has 0 aromatic heterocycles. The Morgan fingerprint density at radius 2 is 0.831 bits per heavy atom. The van der Waals surface area contributed by atoms with Crippen LogP contribution in [0.25, 0.3) is 66.4 Å². The van der Waals surface area contributed by atoms with Crippen molar-refractivity contribution in [2.24, 2.45) is 0 Å². The summed E-state index contributed by atoms with van der Waals surface area (Å²) in [7, 11) is 0. The van der Waals surface area contributed by atoms with Crippen molar-refractivity contribution in [2.45, 2.75) is 38.2 Å². The molecule has 0 bridgehead atoms. The van der Waals surface area contributed by atoms with E-state index in [1.807, 2.05) is 0 Å². The summed E-state index contributed by atoms with van der Waals surface area (Å²) in [5.74, 6) is 0. The number of anilines is 3. The van der Waals surface area contributed by atoms with Gasteiger partial charge >= 0.3 is 0 Å². The SMILES string of the molecule is [2H]c1c([2H])c([2H])c(-c2c([2H])c([2H])c(N(c3c([2H])c([2H])c(-c4c([2H])c([2H])c5c([2H])c([2H])c([2H])c([2H])c5c4-c4c([2H])c([2H])c5c(c4[2H])C(C([2H])([2H])[2H])(C([2H])([2H])[2H])c4c([2H])c([2H])c([2H])c([2H])c4-5)c([2H])c3[2H])c3c([2H])c([2H])c4c(c3[2H])C(C([2H])([2H])[2H])(C([2H])([2H])[2H])c3c([2H])c([2H])c([2H])c([2H])c3-4)c([2H])c2[2H])c([2H])c1[2H]. The monoisotopic (exact) mass is 801 g/mol. The van der Waals surface area contributed by atoms with Crippen LogP contribution in [0.5, 0.6) is 0 Å². The number of fused-ring (bicyclic) bond motifs is 7. The molecule has 0 fully saturated rings. The standard InChI is InChI=1S/C58H45N/c1-57(2)52-20-12-10-18-48(52)50-34-27-42(36-54(50)57)56-46-17-9-8-16-40(46)26-33-47(56)41-24-30-44(31-25-41)59(43-28-22-39(23-29-43)38-14-6-5-7-15-38)45-32-35-51-49-19-11-13-21-53(49)58(3,4)55(51)37-45/h5-37H,1-4H3/i1D3,2D3,3D3,4D3,5D,6D,7D,8D,9D,10D,11D,12D,13D,14D,15D,16D,17D,18D,19D,20D,21D,22D,23D,24D,25D,26D,27D,28D,29D,30D,31D,32D,33D,34D,35D,36D,37D. The first-order chi connectivity index (χ1) is 47.5. The van der Waals surface area contributed by atoms with Gasteiger partial charge in [0, 0.05) is 44.3 Å². The van der Waals surface area contributed by atoms with E-state index in [1.165, 1.54) is 0 Å². The van der Waals surface area contributed by atoms with E-state index in [0.717, 1.165) is 0 Å². The fourth-order valence-electron chi connectivity index (χ4n) is 6.93. The van der Waals surface area contributed by atoms with Crippen molar-refractivity contribution in [2.75, 3.05) is 4.90 Å². The molecule has 282 valence electrons. The molecule has 0 heterocycles. The Bertz CT molecular complexity index is 5360. The van der Waals surface area contributed by atoms with Crippen LogP contribution in [0.4, 0.5) is 17.1 Å². The Balaban J connectivity index is 1.38. The average Bonchev–Trinajstić information content (AvgIpc) is 1.49. The highest BCUT2D eigenvalue weighted by Gasteiger charge is 2.37. The molecule has 0 radical (unpaired) electrons. The minimum atomic E-state index is -4.16. The molecule has 1 heteroatoms. The van der Waals surface area contributed by atoms with Crippen LogP contribution in [0, 0.1) is 0 Å². The molecule has 2 aliphatic carbocycles. The van der Waals surface area contributed by atoms with Gasteiger partial charge in [0.25, 0.3) is 0 Å². The summed E-state index contributed by atoms with van der Waals surface area (Å²) in [6, 6.07) is -44.6. The lowest BCUT2D eigenvalue weighted by molar-refractivity contribution is 0.660. The van der Waals surface area contributed by atoms with Gasteiger partial charge in [0.1, 0.15) is 0 Å². The molecule has 59 heavy (non-hydrogen) atoms. The van der Waals surface area contributed by atoms with Crippen LogP contribution in [-0.4, -0.2) is 0 Å². The van der Waals surface area contributed by atoms with Crippen molar-refractivity contribution in [3.63, 3.8) is 0 Å². The van der Waals surface area contributed by atoms with Crippen molar-refractivity contribution in [3.8, 4) is 55.6 Å². The van der Waals surface area contributed by atoms with Gasteiger partial charge < -0.3 is 4.90 Å². The summed E-state index contributed by atoms with van der Waals surface area (Å²) in [6.45, 7) is -16.5. The fourth-order valence-corrected chi connectivity index (χ4v) is 6.93. The lowest BCUT2D eigenvalue weighted by atomic mass is 9.81. The van der Waals surface area contributed by atoms with E-state index in [1.54, 1.807) is 0 Å². The number of benzene rings is 9. The van der Waals surface area contributed by atoms with Crippen molar-refractivity contribution >= 4 is 27.8 Å². The molecule has 9 aromatic rings. The molecule has 11 rings (SSSR count). The second kappa shape index (κ2) is 13.3. The second-order valence-electron chi connectivity index (χ2n) is 13.0. The zero-order chi connectivity index (χ0) is 78.6. The molecule has 0 amide bonds. The minimum Gasteiger partial charge on any atom is -0.310 e. The molecule has 0 saturated heterocycles. The molecular weight excluding hydrogens is 711 g/mol. The molecule has 1 nitrogen and oxygen atoms in total. The zero-order valence-electron chi connectivity index (χ0n) is 74.4. The van der Waals surface area contributed by atoms with E-state index >= 15 is 0 Å². The van der Waals surface area contributed by atoms with E-state index in [4.69, 9.17) is 38.4 Å². The Labute approximate surface area is 411 Å². The van der Waals surface area contributed by atoms with E-state index in [2.05, 4.69) is 0 Å². The van der Waals surface area contributed by atoms with Gasteiger partial charge in [-0.05, 0) is 131 Å². The Morgan fingerprint density at radius 1 is 0.356 bits per heavy atom. The maximum Gasteiger partial charge on any atom is 0.0648 e. The molecule has 9 aromatic carbocycles. The lowest BCUT2D eigenvalue weighted by Gasteiger charge is -2.28. The summed E-state index contributed by atoms with van der Waals surface area (Å²) >= 11 is 0. The van der Waals surface area contributed by atoms with E-state index < -0.39 is 343 Å². The topological polar surface area (TPSA) is 3.24 Å². The molecular formula is C58H45N. The van der Waals surface area contributed by atoms with Gasteiger partial charge in [0.05, 0.1) is 45.2 Å². The summed E-state index contributed by atoms with van der Waals surface area (Å²) in [5.41, 5.74) is -29.5. The molecule has 0 atom stereocenters. The van der Waals surface area contributed by atoms with Crippen LogP contribution < -0.4 is 4.90 Å². The van der Waals surface area contributed by atoms with Crippen LogP contribution in [0.3, 0.4) is 0 Å². The molecule has 0 aliphatic heterocycles. The van der Waals surface area contributed by atoms with Gasteiger partial charge in [0.15, 0.2) is 0 Å². The highest BCUT2D eigenvalue weighted by Crippen LogP contribution is 2.52. The maximum absolute atomic E-state index is 10.2. The predicted molar refractivity (Wildman–Crippen MR) is 250 cm³/mol. The van der Waals surface area contributed by atoms with Crippen molar-refractivity contribution in [1.82, 2.24) is 0 Å². The van der Waals surface area contributed by atoms with E-state index in [-0.39, 0.29) is 4.90 Å². The third-order valence-electron chi connectivity index (χ3n) is 9.63. The Kier molecular flexibility index (Phi) is 2.67. The molecule has 0 unspecified atom stereocenters. The van der Waals surface area contributed by atoms with E-state index in [0.29, 0.717) is 0 Å². The third kappa shape index (κ3) is 5.53. The van der Waals surface area contributed by atoms with Crippen LogP contribution in [0.15, 0.2) is 199 Å². The van der Waals surface area contributed by atoms with Crippen molar-refractivity contribution in [1.29, 1.82) is 0 Å². The van der Waals surface area contributed by atoms with Crippen LogP contribution in [0.2, 0.25) is 0 Å². The molecule has 2 aliphatic rings. The Morgan fingerprint density at radius 3 is 1.49 bits per heavy atom. The van der Waals surface area contributed by atoms with Gasteiger partial charge in [-0.15, -0.1) is 0 Å². The fraction of sp³-hybridized carbons (Fsp3) is 0.103. The minimum absolute atomic E-state index is 0.000302. The smallest absolute Gasteiger partial charge is 0.0648 e. The van der Waals surface area contributed by atoms with Crippen LogP contribution in [0.1, 0.15) is 111 Å². The maximum atomic E-state index is 10.2. The largest absolute Gasteiger partial charge is 0.310 e. The lowest BCUT2D eigenvalue weighted by Crippen LogP contribution is -2.16. The summed E-state index contributed by atoms with van der Waals surface area (Å²) < 4.78 is 414. The Hall–Kier alpha value is -6.96. The second-order valence-corrected chi connectivity index (χ2v) is 13.0. The number of hydrogen-bond acceptors (Lipinski definition) is 1. The molecule has 0 spiro atoms. The first-order valence-corrected chi connectivity index (χ1v) is 17.2. The first-order valence-electron chi connectivity index (χ1n) is 39.7. The highest BCUT2D eigenvalue weighted by atomic mass is 15.1. The average molecular weight is 801 g/mol. The predicted octanol–water partition coefficient (Wildman–Crippen LogP) is 15.9. The highest BCUT2D eigenvalue weighted by molar-refractivity contribution is 6.05. The quantitative estimate of drug-likeness (QED) is 0.162. The van der Waals surface area contributed by atoms with Gasteiger partial charge in [-0.1, -0.05) is 185 Å². The van der Waals surface area contributed by atoms with Crippen molar-refractivity contribution < 1.29 is 61.7 Å².